The highest BCUT2D eigenvalue weighted by atomic mass is 16.5. The summed E-state index contributed by atoms with van der Waals surface area (Å²) in [4.78, 5) is 2.18. The molecule has 17 heavy (non-hydrogen) atoms. The van der Waals surface area contributed by atoms with Gasteiger partial charge in [0.1, 0.15) is 18.2 Å². The second kappa shape index (κ2) is 3.69. The number of rotatable bonds is 1. The minimum atomic E-state index is 0.578. The van der Waals surface area contributed by atoms with E-state index in [2.05, 4.69) is 28.2 Å². The fourth-order valence-corrected chi connectivity index (χ4v) is 2.05. The standard InChI is InChI=1S/C12H14N4O/c1-16-4-5-17-11-6-8(2-3-10(11)16)9-7-14-15-12(9)13/h2-3,6-7H,4-5H2,1H3,(H3,13,14,15). The maximum absolute atomic E-state index is 5.81. The molecule has 0 saturated carbocycles. The van der Waals surface area contributed by atoms with Gasteiger partial charge in [0, 0.05) is 12.6 Å². The van der Waals surface area contributed by atoms with Crippen molar-refractivity contribution >= 4 is 11.5 Å². The van der Waals surface area contributed by atoms with Gasteiger partial charge in [0.05, 0.1) is 18.4 Å². The van der Waals surface area contributed by atoms with Gasteiger partial charge >= 0.3 is 0 Å². The molecule has 0 spiro atoms. The second-order valence-corrected chi connectivity index (χ2v) is 4.15. The zero-order valence-electron chi connectivity index (χ0n) is 9.60. The van der Waals surface area contributed by atoms with Gasteiger partial charge in [-0.15, -0.1) is 0 Å². The van der Waals surface area contributed by atoms with E-state index in [-0.39, 0.29) is 0 Å². The van der Waals surface area contributed by atoms with Gasteiger partial charge in [-0.05, 0) is 17.7 Å². The number of aromatic nitrogens is 2. The summed E-state index contributed by atoms with van der Waals surface area (Å²) in [5, 5.41) is 6.66. The molecule has 1 aliphatic heterocycles. The Morgan fingerprint density at radius 1 is 1.47 bits per heavy atom. The quantitative estimate of drug-likeness (QED) is 0.778. The van der Waals surface area contributed by atoms with Gasteiger partial charge in [0.2, 0.25) is 0 Å². The molecule has 1 aliphatic rings. The molecule has 0 bridgehead atoms. The van der Waals surface area contributed by atoms with Gasteiger partial charge in [-0.2, -0.15) is 5.10 Å². The number of nitrogens with two attached hydrogens (primary N) is 1. The molecule has 1 aromatic carbocycles. The highest BCUT2D eigenvalue weighted by Gasteiger charge is 2.16. The first kappa shape index (κ1) is 10.0. The van der Waals surface area contributed by atoms with Crippen molar-refractivity contribution in [2.24, 2.45) is 0 Å². The Hall–Kier alpha value is -2.17. The zero-order chi connectivity index (χ0) is 11.8. The fourth-order valence-electron chi connectivity index (χ4n) is 2.05. The summed E-state index contributed by atoms with van der Waals surface area (Å²) in [6.45, 7) is 1.63. The summed E-state index contributed by atoms with van der Waals surface area (Å²) in [5.74, 6) is 1.48. The third kappa shape index (κ3) is 1.60. The van der Waals surface area contributed by atoms with Gasteiger partial charge in [-0.25, -0.2) is 0 Å². The topological polar surface area (TPSA) is 67.2 Å². The number of benzene rings is 1. The second-order valence-electron chi connectivity index (χ2n) is 4.15. The van der Waals surface area contributed by atoms with Crippen LogP contribution in [-0.4, -0.2) is 30.4 Å². The normalized spacial score (nSPS) is 14.3. The van der Waals surface area contributed by atoms with E-state index in [0.29, 0.717) is 12.4 Å². The number of nitrogens with one attached hydrogen (secondary N) is 1. The predicted molar refractivity (Wildman–Crippen MR) is 67.2 cm³/mol. The van der Waals surface area contributed by atoms with E-state index < -0.39 is 0 Å². The summed E-state index contributed by atoms with van der Waals surface area (Å²) < 4.78 is 5.66. The third-order valence-corrected chi connectivity index (χ3v) is 3.04. The maximum Gasteiger partial charge on any atom is 0.143 e. The lowest BCUT2D eigenvalue weighted by Crippen LogP contribution is -2.28. The molecule has 5 heteroatoms. The predicted octanol–water partition coefficient (Wildman–Crippen LogP) is 1.49. The molecule has 0 aliphatic carbocycles. The number of nitrogens with zero attached hydrogens (tertiary/aromatic N) is 2. The smallest absolute Gasteiger partial charge is 0.143 e. The molecular formula is C12H14N4O. The van der Waals surface area contributed by atoms with Crippen LogP contribution in [0.25, 0.3) is 11.1 Å². The Labute approximate surface area is 99.2 Å². The minimum Gasteiger partial charge on any atom is -0.490 e. The van der Waals surface area contributed by atoms with Crippen LogP contribution in [0.3, 0.4) is 0 Å². The summed E-state index contributed by atoms with van der Waals surface area (Å²) >= 11 is 0. The molecule has 88 valence electrons. The summed E-state index contributed by atoms with van der Waals surface area (Å²) in [6, 6.07) is 6.09. The molecule has 0 amide bonds. The van der Waals surface area contributed by atoms with Gasteiger partial charge < -0.3 is 15.4 Å². The lowest BCUT2D eigenvalue weighted by Gasteiger charge is -2.27. The summed E-state index contributed by atoms with van der Waals surface area (Å²) in [6.07, 6.45) is 1.73. The van der Waals surface area contributed by atoms with Gasteiger partial charge in [-0.1, -0.05) is 6.07 Å². The van der Waals surface area contributed by atoms with E-state index in [4.69, 9.17) is 10.5 Å². The lowest BCUT2D eigenvalue weighted by atomic mass is 10.1. The minimum absolute atomic E-state index is 0.578. The number of nitrogen functional groups attached to an aromatic ring is 1. The average Bonchev–Trinajstić information content (AvgIpc) is 2.75. The average molecular weight is 230 g/mol. The van der Waals surface area contributed by atoms with E-state index in [0.717, 1.165) is 29.1 Å². The monoisotopic (exact) mass is 230 g/mol. The molecule has 1 aromatic heterocycles. The Morgan fingerprint density at radius 3 is 3.12 bits per heavy atom. The molecule has 3 N–H and O–H groups in total. The van der Waals surface area contributed by atoms with Crippen molar-refractivity contribution in [2.75, 3.05) is 30.8 Å². The van der Waals surface area contributed by atoms with E-state index in [1.54, 1.807) is 6.20 Å². The van der Waals surface area contributed by atoms with Crippen molar-refractivity contribution in [3.8, 4) is 16.9 Å². The molecular weight excluding hydrogens is 216 g/mol. The van der Waals surface area contributed by atoms with E-state index in [1.165, 1.54) is 0 Å². The lowest BCUT2D eigenvalue weighted by molar-refractivity contribution is 0.311. The van der Waals surface area contributed by atoms with Crippen LogP contribution in [0.2, 0.25) is 0 Å². The molecule has 0 unspecified atom stereocenters. The van der Waals surface area contributed by atoms with Crippen molar-refractivity contribution in [2.45, 2.75) is 0 Å². The first-order chi connectivity index (χ1) is 8.25. The molecule has 0 saturated heterocycles. The van der Waals surface area contributed by atoms with Crippen LogP contribution in [0, 0.1) is 0 Å². The van der Waals surface area contributed by atoms with Crippen molar-refractivity contribution < 1.29 is 4.74 Å². The third-order valence-electron chi connectivity index (χ3n) is 3.04. The number of aromatic amines is 1. The zero-order valence-corrected chi connectivity index (χ0v) is 9.60. The van der Waals surface area contributed by atoms with E-state index in [1.807, 2.05) is 12.1 Å². The molecule has 0 radical (unpaired) electrons. The largest absolute Gasteiger partial charge is 0.490 e. The Balaban J connectivity index is 2.07. The SMILES string of the molecule is CN1CCOc2cc(-c3cn[nH]c3N)ccc21. The summed E-state index contributed by atoms with van der Waals surface area (Å²) in [7, 11) is 2.06. The van der Waals surface area contributed by atoms with Gasteiger partial charge in [-0.3, -0.25) is 5.10 Å². The molecule has 0 atom stereocenters. The van der Waals surface area contributed by atoms with Crippen LogP contribution in [0.15, 0.2) is 24.4 Å². The number of H-pyrrole nitrogens is 1. The highest BCUT2D eigenvalue weighted by Crippen LogP contribution is 2.35. The van der Waals surface area contributed by atoms with Gasteiger partial charge in [0.15, 0.2) is 0 Å². The first-order valence-electron chi connectivity index (χ1n) is 5.53. The fraction of sp³-hybridized carbons (Fsp3) is 0.250. The number of ether oxygens (including phenoxy) is 1. The molecule has 0 fully saturated rings. The number of hydrogen-bond acceptors (Lipinski definition) is 4. The molecule has 2 heterocycles. The van der Waals surface area contributed by atoms with Crippen LogP contribution in [0.5, 0.6) is 5.75 Å². The summed E-state index contributed by atoms with van der Waals surface area (Å²) in [5.41, 5.74) is 8.85. The molecule has 3 rings (SSSR count). The van der Waals surface area contributed by atoms with Crippen molar-refractivity contribution in [3.63, 3.8) is 0 Å². The van der Waals surface area contributed by atoms with Crippen LogP contribution in [0.4, 0.5) is 11.5 Å². The Bertz CT molecular complexity index is 549. The number of hydrogen-bond donors (Lipinski definition) is 2. The van der Waals surface area contributed by atoms with Crippen LogP contribution in [0.1, 0.15) is 0 Å². The molecule has 5 nitrogen and oxygen atoms in total. The van der Waals surface area contributed by atoms with Crippen molar-refractivity contribution in [1.29, 1.82) is 0 Å². The van der Waals surface area contributed by atoms with Crippen LogP contribution in [-0.2, 0) is 0 Å². The first-order valence-corrected chi connectivity index (χ1v) is 5.53. The van der Waals surface area contributed by atoms with E-state index >= 15 is 0 Å². The van der Waals surface area contributed by atoms with Crippen molar-refractivity contribution in [1.82, 2.24) is 10.2 Å². The van der Waals surface area contributed by atoms with Crippen LogP contribution < -0.4 is 15.4 Å². The number of likely N-dealkylation sites (N-methyl/N-ethyl adjacent to an activating group) is 1. The number of fused-ring (bicyclic) bond motifs is 1. The maximum atomic E-state index is 5.81. The highest BCUT2D eigenvalue weighted by molar-refractivity contribution is 5.77. The Morgan fingerprint density at radius 2 is 2.35 bits per heavy atom. The number of anilines is 2. The van der Waals surface area contributed by atoms with Crippen LogP contribution >= 0.6 is 0 Å². The van der Waals surface area contributed by atoms with Crippen molar-refractivity contribution in [3.05, 3.63) is 24.4 Å². The van der Waals surface area contributed by atoms with Gasteiger partial charge in [0.25, 0.3) is 0 Å². The molecule has 2 aromatic rings. The Kier molecular flexibility index (Phi) is 2.18. The van der Waals surface area contributed by atoms with E-state index in [9.17, 15) is 0 Å².